The maximum atomic E-state index is 12.3. The number of hydrogen-bond acceptors (Lipinski definition) is 7. The molecule has 25 heavy (non-hydrogen) atoms. The van der Waals surface area contributed by atoms with Crippen LogP contribution in [0.5, 0.6) is 0 Å². The molecule has 2 aliphatic rings. The van der Waals surface area contributed by atoms with E-state index >= 15 is 0 Å². The number of methoxy groups -OCH3 is 1. The van der Waals surface area contributed by atoms with Gasteiger partial charge in [-0.1, -0.05) is 5.16 Å². The summed E-state index contributed by atoms with van der Waals surface area (Å²) in [7, 11) is 1.63. The number of rotatable bonds is 8. The molecule has 1 unspecified atom stereocenters. The summed E-state index contributed by atoms with van der Waals surface area (Å²) in [6, 6.07) is 0. The van der Waals surface area contributed by atoms with E-state index in [0.717, 1.165) is 45.1 Å². The van der Waals surface area contributed by atoms with Crippen LogP contribution >= 0.6 is 0 Å². The fourth-order valence-corrected chi connectivity index (χ4v) is 2.99. The number of ether oxygens (including phenoxy) is 1. The Bertz CT molecular complexity index is 560. The lowest BCUT2D eigenvalue weighted by Crippen LogP contribution is -2.40. The normalized spacial score (nSPS) is 20.5. The predicted molar refractivity (Wildman–Crippen MR) is 91.8 cm³/mol. The maximum Gasteiger partial charge on any atom is 0.240 e. The fraction of sp³-hybridized carbons (Fsp3) is 0.824. The van der Waals surface area contributed by atoms with E-state index in [1.807, 2.05) is 11.8 Å². The van der Waals surface area contributed by atoms with Crippen molar-refractivity contribution in [1.82, 2.24) is 25.3 Å². The summed E-state index contributed by atoms with van der Waals surface area (Å²) in [5.74, 6) is 2.18. The van der Waals surface area contributed by atoms with Gasteiger partial charge in [0.05, 0.1) is 13.1 Å². The van der Waals surface area contributed by atoms with Gasteiger partial charge >= 0.3 is 0 Å². The Morgan fingerprint density at radius 2 is 2.20 bits per heavy atom. The van der Waals surface area contributed by atoms with Gasteiger partial charge in [0.25, 0.3) is 0 Å². The number of hydrogen-bond donors (Lipinski definition) is 1. The first-order chi connectivity index (χ1) is 12.2. The van der Waals surface area contributed by atoms with Crippen LogP contribution < -0.4 is 5.32 Å². The summed E-state index contributed by atoms with van der Waals surface area (Å²) in [5.41, 5.74) is 0. The van der Waals surface area contributed by atoms with Gasteiger partial charge in [-0.15, -0.1) is 0 Å². The van der Waals surface area contributed by atoms with Gasteiger partial charge in [0.1, 0.15) is 6.10 Å². The summed E-state index contributed by atoms with van der Waals surface area (Å²) < 4.78 is 10.5. The Morgan fingerprint density at radius 1 is 1.36 bits per heavy atom. The van der Waals surface area contributed by atoms with Crippen molar-refractivity contribution in [3.63, 3.8) is 0 Å². The van der Waals surface area contributed by atoms with Gasteiger partial charge in [-0.3, -0.25) is 9.69 Å². The van der Waals surface area contributed by atoms with E-state index in [9.17, 15) is 4.79 Å². The lowest BCUT2D eigenvalue weighted by atomic mass is 10.3. The van der Waals surface area contributed by atoms with Crippen molar-refractivity contribution >= 4 is 5.91 Å². The molecule has 2 fully saturated rings. The number of amides is 1. The molecule has 0 aromatic carbocycles. The molecule has 1 saturated heterocycles. The second-order valence-electron chi connectivity index (χ2n) is 7.01. The molecule has 140 valence electrons. The van der Waals surface area contributed by atoms with E-state index in [1.165, 1.54) is 12.8 Å². The van der Waals surface area contributed by atoms with Crippen molar-refractivity contribution < 1.29 is 14.1 Å². The third kappa shape index (κ3) is 5.49. The van der Waals surface area contributed by atoms with Crippen LogP contribution in [-0.4, -0.2) is 72.2 Å². The monoisotopic (exact) mass is 351 g/mol. The van der Waals surface area contributed by atoms with Gasteiger partial charge in [-0.25, -0.2) is 0 Å². The SMILES string of the molecule is COC(C)c1noc(CN2CCCN(C(=O)CNCC3CC3)CC2)n1. The number of carbonyl (C=O) groups is 1. The van der Waals surface area contributed by atoms with Crippen LogP contribution in [0.2, 0.25) is 0 Å². The molecule has 2 heterocycles. The molecular formula is C17H29N5O3. The summed E-state index contributed by atoms with van der Waals surface area (Å²) in [6.45, 7) is 7.26. The van der Waals surface area contributed by atoms with Crippen molar-refractivity contribution in [2.75, 3.05) is 46.4 Å². The van der Waals surface area contributed by atoms with Crippen molar-refractivity contribution in [2.45, 2.75) is 38.8 Å². The Morgan fingerprint density at radius 3 is 2.96 bits per heavy atom. The van der Waals surface area contributed by atoms with Crippen molar-refractivity contribution in [3.8, 4) is 0 Å². The zero-order valence-corrected chi connectivity index (χ0v) is 15.2. The third-order valence-electron chi connectivity index (χ3n) is 4.91. The average molecular weight is 351 g/mol. The second kappa shape index (κ2) is 8.73. The van der Waals surface area contributed by atoms with Gasteiger partial charge in [-0.2, -0.15) is 4.98 Å². The molecule has 1 aliphatic carbocycles. The van der Waals surface area contributed by atoms with Crippen LogP contribution in [0.1, 0.15) is 44.0 Å². The fourth-order valence-electron chi connectivity index (χ4n) is 2.99. The minimum absolute atomic E-state index is 0.169. The smallest absolute Gasteiger partial charge is 0.240 e. The summed E-state index contributed by atoms with van der Waals surface area (Å²) in [4.78, 5) is 20.9. The molecule has 1 N–H and O–H groups in total. The highest BCUT2D eigenvalue weighted by Crippen LogP contribution is 2.27. The van der Waals surface area contributed by atoms with Gasteiger partial charge in [0.15, 0.2) is 5.82 Å². The molecule has 1 aromatic rings. The molecule has 0 spiro atoms. The molecule has 1 aliphatic heterocycles. The van der Waals surface area contributed by atoms with Crippen LogP contribution in [0.3, 0.4) is 0 Å². The Hall–Kier alpha value is -1.51. The average Bonchev–Trinajstić information content (AvgIpc) is 3.37. The number of carbonyl (C=O) groups excluding carboxylic acids is 1. The van der Waals surface area contributed by atoms with Crippen molar-refractivity contribution in [2.24, 2.45) is 5.92 Å². The minimum Gasteiger partial charge on any atom is -0.374 e. The zero-order valence-electron chi connectivity index (χ0n) is 15.2. The van der Waals surface area contributed by atoms with Gasteiger partial charge < -0.3 is 19.5 Å². The van der Waals surface area contributed by atoms with E-state index in [2.05, 4.69) is 20.4 Å². The zero-order chi connectivity index (χ0) is 17.6. The Labute approximate surface area is 148 Å². The van der Waals surface area contributed by atoms with Crippen LogP contribution in [0.15, 0.2) is 4.52 Å². The van der Waals surface area contributed by atoms with Gasteiger partial charge in [0.2, 0.25) is 11.8 Å². The quantitative estimate of drug-likeness (QED) is 0.742. The standard InChI is InChI=1S/C17H29N5O3/c1-13(24-2)17-19-15(25-20-17)12-21-6-3-7-22(9-8-21)16(23)11-18-10-14-4-5-14/h13-14,18H,3-12H2,1-2H3. The molecule has 1 saturated carbocycles. The van der Waals surface area contributed by atoms with E-state index in [1.54, 1.807) is 7.11 Å². The Kier molecular flexibility index (Phi) is 6.39. The molecule has 8 nitrogen and oxygen atoms in total. The van der Waals surface area contributed by atoms with Crippen LogP contribution in [0.4, 0.5) is 0 Å². The van der Waals surface area contributed by atoms with E-state index in [0.29, 0.717) is 24.8 Å². The highest BCUT2D eigenvalue weighted by atomic mass is 16.5. The van der Waals surface area contributed by atoms with Crippen LogP contribution in [0.25, 0.3) is 0 Å². The summed E-state index contributed by atoms with van der Waals surface area (Å²) in [5, 5.41) is 7.25. The predicted octanol–water partition coefficient (Wildman–Crippen LogP) is 0.811. The number of aromatic nitrogens is 2. The topological polar surface area (TPSA) is 83.7 Å². The van der Waals surface area contributed by atoms with Gasteiger partial charge in [0, 0.05) is 33.3 Å². The van der Waals surface area contributed by atoms with E-state index < -0.39 is 0 Å². The number of nitrogens with zero attached hydrogens (tertiary/aromatic N) is 4. The molecular weight excluding hydrogens is 322 g/mol. The molecule has 8 heteroatoms. The highest BCUT2D eigenvalue weighted by Gasteiger charge is 2.23. The molecule has 1 atom stereocenters. The largest absolute Gasteiger partial charge is 0.374 e. The van der Waals surface area contributed by atoms with Gasteiger partial charge in [-0.05, 0) is 38.6 Å². The molecule has 1 amide bonds. The first kappa shape index (κ1) is 18.3. The van der Waals surface area contributed by atoms with Crippen LogP contribution in [0, 0.1) is 5.92 Å². The van der Waals surface area contributed by atoms with Crippen molar-refractivity contribution in [3.05, 3.63) is 11.7 Å². The summed E-state index contributed by atoms with van der Waals surface area (Å²) >= 11 is 0. The van der Waals surface area contributed by atoms with Crippen LogP contribution in [-0.2, 0) is 16.1 Å². The van der Waals surface area contributed by atoms with E-state index in [-0.39, 0.29) is 12.0 Å². The lowest BCUT2D eigenvalue weighted by molar-refractivity contribution is -0.130. The van der Waals surface area contributed by atoms with E-state index in [4.69, 9.17) is 9.26 Å². The molecule has 3 rings (SSSR count). The van der Waals surface area contributed by atoms with Crippen molar-refractivity contribution in [1.29, 1.82) is 0 Å². The molecule has 1 aromatic heterocycles. The second-order valence-corrected chi connectivity index (χ2v) is 7.01. The maximum absolute atomic E-state index is 12.3. The molecule has 0 bridgehead atoms. The number of nitrogens with one attached hydrogen (secondary N) is 1. The third-order valence-corrected chi connectivity index (χ3v) is 4.91. The minimum atomic E-state index is -0.169. The lowest BCUT2D eigenvalue weighted by Gasteiger charge is -2.21. The Balaban J connectivity index is 1.42. The summed E-state index contributed by atoms with van der Waals surface area (Å²) in [6.07, 6.45) is 3.41. The first-order valence-electron chi connectivity index (χ1n) is 9.22. The first-order valence-corrected chi connectivity index (χ1v) is 9.22. The highest BCUT2D eigenvalue weighted by molar-refractivity contribution is 5.78. The molecule has 0 radical (unpaired) electrons.